The van der Waals surface area contributed by atoms with Crippen LogP contribution < -0.4 is 0 Å². The summed E-state index contributed by atoms with van der Waals surface area (Å²) in [6.45, 7) is 2.70. The minimum Gasteiger partial charge on any atom is -0.338 e. The number of carbonyl (C=O) groups is 2. The summed E-state index contributed by atoms with van der Waals surface area (Å²) in [7, 11) is 0. The molecule has 0 saturated carbocycles. The number of hydrogen-bond acceptors (Lipinski definition) is 5. The van der Waals surface area contributed by atoms with Gasteiger partial charge in [0.25, 0.3) is 5.91 Å². The van der Waals surface area contributed by atoms with Gasteiger partial charge in [0.1, 0.15) is 11.0 Å². The molecule has 2 saturated heterocycles. The molecule has 2 aliphatic rings. The normalized spacial score (nSPS) is 19.5. The van der Waals surface area contributed by atoms with Crippen molar-refractivity contribution < 1.29 is 9.59 Å². The van der Waals surface area contributed by atoms with E-state index in [1.165, 1.54) is 0 Å². The molecule has 0 spiro atoms. The van der Waals surface area contributed by atoms with Crippen molar-refractivity contribution in [3.8, 4) is 11.1 Å². The fraction of sp³-hybridized carbons (Fsp3) is 0.222. The second-order valence-corrected chi connectivity index (χ2v) is 9.20. The van der Waals surface area contributed by atoms with E-state index in [9.17, 15) is 9.59 Å². The monoisotopic (exact) mass is 464 g/mol. The third-order valence-electron chi connectivity index (χ3n) is 6.97. The molecule has 2 aliphatic heterocycles. The zero-order valence-corrected chi connectivity index (χ0v) is 19.0. The summed E-state index contributed by atoms with van der Waals surface area (Å²) < 4.78 is 0. The average molecular weight is 465 g/mol. The number of amides is 2. The van der Waals surface area contributed by atoms with Crippen LogP contribution in [0.5, 0.6) is 0 Å². The zero-order chi connectivity index (χ0) is 23.8. The second kappa shape index (κ2) is 8.79. The van der Waals surface area contributed by atoms with Crippen LogP contribution in [0.4, 0.5) is 0 Å². The first-order chi connectivity index (χ1) is 17.1. The highest BCUT2D eigenvalue weighted by Crippen LogP contribution is 2.32. The number of fused-ring (bicyclic) bond motifs is 2. The lowest BCUT2D eigenvalue weighted by molar-refractivity contribution is -0.125. The van der Waals surface area contributed by atoms with Crippen molar-refractivity contribution >= 4 is 28.9 Å². The number of H-pyrrole nitrogens is 1. The van der Waals surface area contributed by atoms with Gasteiger partial charge in [-0.1, -0.05) is 30.3 Å². The summed E-state index contributed by atoms with van der Waals surface area (Å²) in [5.41, 5.74) is 5.18. The summed E-state index contributed by atoms with van der Waals surface area (Å²) >= 11 is 0. The molecule has 8 heteroatoms. The van der Waals surface area contributed by atoms with E-state index in [0.717, 1.165) is 22.2 Å². The number of aromatic amines is 1. The molecule has 2 aromatic heterocycles. The summed E-state index contributed by atoms with van der Waals surface area (Å²) in [5.74, 6) is 0.651. The van der Waals surface area contributed by atoms with Crippen LogP contribution in [-0.4, -0.2) is 68.2 Å². The molecule has 2 aromatic carbocycles. The molecular formula is C27H24N6O2. The number of nitrogens with one attached hydrogen (secondary N) is 1. The van der Waals surface area contributed by atoms with Gasteiger partial charge in [-0.3, -0.25) is 14.6 Å². The molecule has 1 N–H and O–H groups in total. The Morgan fingerprint density at radius 2 is 1.60 bits per heavy atom. The minimum absolute atomic E-state index is 0.0109. The number of nitrogens with zero attached hydrogens (tertiary/aromatic N) is 5. The number of benzene rings is 2. The largest absolute Gasteiger partial charge is 0.338 e. The Morgan fingerprint density at radius 1 is 0.857 bits per heavy atom. The Balaban J connectivity index is 1.05. The molecule has 0 aliphatic carbocycles. The number of hydrogen-bond donors (Lipinski definition) is 1. The Bertz CT molecular complexity index is 1400. The summed E-state index contributed by atoms with van der Waals surface area (Å²) in [5, 5.41) is 10.7. The van der Waals surface area contributed by atoms with Gasteiger partial charge < -0.3 is 9.80 Å². The van der Waals surface area contributed by atoms with E-state index in [0.29, 0.717) is 49.1 Å². The van der Waals surface area contributed by atoms with E-state index in [1.54, 1.807) is 24.4 Å². The van der Waals surface area contributed by atoms with Gasteiger partial charge in [-0.2, -0.15) is 15.4 Å². The number of likely N-dealkylation sites (tertiary alicyclic amines) is 2. The number of aromatic nitrogens is 4. The predicted molar refractivity (Wildman–Crippen MR) is 132 cm³/mol. The van der Waals surface area contributed by atoms with Gasteiger partial charge >= 0.3 is 0 Å². The van der Waals surface area contributed by atoms with Crippen molar-refractivity contribution in [3.05, 3.63) is 84.2 Å². The maximum Gasteiger partial charge on any atom is 0.253 e. The molecule has 174 valence electrons. The van der Waals surface area contributed by atoms with Crippen molar-refractivity contribution in [3.63, 3.8) is 0 Å². The van der Waals surface area contributed by atoms with Crippen LogP contribution in [0.3, 0.4) is 0 Å². The highest BCUT2D eigenvalue weighted by molar-refractivity contribution is 5.97. The molecule has 2 atom stereocenters. The number of pyridine rings is 1. The minimum atomic E-state index is 0.0109. The molecule has 4 aromatic rings. The standard InChI is InChI=1S/C27H24N6O2/c34-26(10-5-18-3-6-19(7-4-18)21-2-1-11-28-13-21)32-14-22-16-33(17-23(22)15-32)27(35)20-8-9-24-25(12-20)30-31-29-24/h1-13,22-23H,14-17H2,(H,29,30,31)/b10-5+/t22-,23-/m1/s1. The fourth-order valence-electron chi connectivity index (χ4n) is 5.09. The van der Waals surface area contributed by atoms with Gasteiger partial charge in [-0.15, -0.1) is 0 Å². The second-order valence-electron chi connectivity index (χ2n) is 9.20. The molecule has 0 unspecified atom stereocenters. The van der Waals surface area contributed by atoms with E-state index >= 15 is 0 Å². The topological polar surface area (TPSA) is 95.1 Å². The number of carbonyl (C=O) groups excluding carboxylic acids is 2. The van der Waals surface area contributed by atoms with Gasteiger partial charge in [-0.05, 0) is 47.0 Å². The molecule has 4 heterocycles. The first-order valence-electron chi connectivity index (χ1n) is 11.7. The molecule has 2 fully saturated rings. The first kappa shape index (κ1) is 21.2. The van der Waals surface area contributed by atoms with Crippen LogP contribution >= 0.6 is 0 Å². The first-order valence-corrected chi connectivity index (χ1v) is 11.7. The van der Waals surface area contributed by atoms with Crippen molar-refractivity contribution in [2.45, 2.75) is 0 Å². The Labute approximate surface area is 202 Å². The third-order valence-corrected chi connectivity index (χ3v) is 6.97. The third kappa shape index (κ3) is 4.19. The number of rotatable bonds is 4. The zero-order valence-electron chi connectivity index (χ0n) is 19.0. The maximum absolute atomic E-state index is 13.0. The lowest BCUT2D eigenvalue weighted by atomic mass is 10.0. The summed E-state index contributed by atoms with van der Waals surface area (Å²) in [6.07, 6.45) is 7.10. The maximum atomic E-state index is 13.0. The lowest BCUT2D eigenvalue weighted by Gasteiger charge is -2.21. The van der Waals surface area contributed by atoms with Gasteiger partial charge in [-0.25, -0.2) is 0 Å². The van der Waals surface area contributed by atoms with Crippen LogP contribution in [0.25, 0.3) is 28.2 Å². The Kier molecular flexibility index (Phi) is 5.33. The highest BCUT2D eigenvalue weighted by Gasteiger charge is 2.42. The van der Waals surface area contributed by atoms with Crippen molar-refractivity contribution in [2.24, 2.45) is 11.8 Å². The van der Waals surface area contributed by atoms with Gasteiger partial charge in [0.2, 0.25) is 5.91 Å². The summed E-state index contributed by atoms with van der Waals surface area (Å²) in [4.78, 5) is 33.8. The molecule has 0 bridgehead atoms. The molecule has 2 amide bonds. The Hall–Kier alpha value is -4.33. The van der Waals surface area contributed by atoms with Crippen LogP contribution in [-0.2, 0) is 4.79 Å². The van der Waals surface area contributed by atoms with E-state index in [1.807, 2.05) is 64.5 Å². The van der Waals surface area contributed by atoms with Crippen LogP contribution in [0.2, 0.25) is 0 Å². The van der Waals surface area contributed by atoms with Crippen molar-refractivity contribution in [1.82, 2.24) is 30.2 Å². The molecule has 6 rings (SSSR count). The molecular weight excluding hydrogens is 440 g/mol. The van der Waals surface area contributed by atoms with Crippen LogP contribution in [0.15, 0.2) is 73.1 Å². The molecule has 8 nitrogen and oxygen atoms in total. The SMILES string of the molecule is O=C(/C=C/c1ccc(-c2cccnc2)cc1)N1C[C@@H]2CN(C(=O)c3ccc4n[nH]nc4c3)C[C@H]2C1. The highest BCUT2D eigenvalue weighted by atomic mass is 16.2. The molecule has 35 heavy (non-hydrogen) atoms. The summed E-state index contributed by atoms with van der Waals surface area (Å²) in [6, 6.07) is 17.4. The van der Waals surface area contributed by atoms with E-state index in [2.05, 4.69) is 20.4 Å². The lowest BCUT2D eigenvalue weighted by Crippen LogP contribution is -2.35. The predicted octanol–water partition coefficient (Wildman–Crippen LogP) is 3.26. The van der Waals surface area contributed by atoms with E-state index in [4.69, 9.17) is 0 Å². The average Bonchev–Trinajstić information content (AvgIpc) is 3.62. The quantitative estimate of drug-likeness (QED) is 0.468. The Morgan fingerprint density at radius 3 is 2.34 bits per heavy atom. The van der Waals surface area contributed by atoms with Crippen LogP contribution in [0, 0.1) is 11.8 Å². The van der Waals surface area contributed by atoms with E-state index in [-0.39, 0.29) is 11.8 Å². The van der Waals surface area contributed by atoms with Crippen LogP contribution in [0.1, 0.15) is 15.9 Å². The fourth-order valence-corrected chi connectivity index (χ4v) is 5.09. The van der Waals surface area contributed by atoms with E-state index < -0.39 is 0 Å². The van der Waals surface area contributed by atoms with Gasteiger partial charge in [0, 0.05) is 62.0 Å². The van der Waals surface area contributed by atoms with Crippen molar-refractivity contribution in [1.29, 1.82) is 0 Å². The van der Waals surface area contributed by atoms with Crippen molar-refractivity contribution in [2.75, 3.05) is 26.2 Å². The molecule has 0 radical (unpaired) electrons. The van der Waals surface area contributed by atoms with Gasteiger partial charge in [0.15, 0.2) is 0 Å². The van der Waals surface area contributed by atoms with Gasteiger partial charge in [0.05, 0.1) is 0 Å². The smallest absolute Gasteiger partial charge is 0.253 e.